The third kappa shape index (κ3) is 8.58. The van der Waals surface area contributed by atoms with Crippen LogP contribution in [0.15, 0.2) is 59.0 Å². The van der Waals surface area contributed by atoms with Crippen LogP contribution in [0.1, 0.15) is 11.3 Å². The van der Waals surface area contributed by atoms with Crippen LogP contribution in [0.5, 0.6) is 5.75 Å². The predicted molar refractivity (Wildman–Crippen MR) is 106 cm³/mol. The van der Waals surface area contributed by atoms with Crippen LogP contribution in [-0.4, -0.2) is 7.11 Å². The molecule has 0 saturated carbocycles. The summed E-state index contributed by atoms with van der Waals surface area (Å²) in [6.07, 6.45) is 1.88. The molecule has 0 bridgehead atoms. The van der Waals surface area contributed by atoms with E-state index in [4.69, 9.17) is 32.4 Å². The summed E-state index contributed by atoms with van der Waals surface area (Å²) in [5.74, 6) is 1.96. The van der Waals surface area contributed by atoms with E-state index in [2.05, 4.69) is 91.6 Å². The van der Waals surface area contributed by atoms with Gasteiger partial charge >= 0.3 is 200 Å². The molecule has 0 fully saturated rings. The van der Waals surface area contributed by atoms with Crippen molar-refractivity contribution < 1.29 is 48.3 Å². The van der Waals surface area contributed by atoms with E-state index < -0.39 is 0 Å². The van der Waals surface area contributed by atoms with E-state index in [9.17, 15) is 0 Å². The Labute approximate surface area is 199 Å². The van der Waals surface area contributed by atoms with Crippen LogP contribution in [0.25, 0.3) is 22.3 Å². The summed E-state index contributed by atoms with van der Waals surface area (Å²) < 4.78 is 49.7. The summed E-state index contributed by atoms with van der Waals surface area (Å²) in [5, 5.41) is 0. The van der Waals surface area contributed by atoms with Crippen molar-refractivity contribution in [2.24, 2.45) is 0 Å². The van der Waals surface area contributed by atoms with Gasteiger partial charge in [-0.3, -0.25) is 0 Å². The van der Waals surface area contributed by atoms with Crippen LogP contribution in [0.2, 0.25) is 0 Å². The van der Waals surface area contributed by atoms with Gasteiger partial charge in [-0.15, -0.1) is 0 Å². The molecule has 0 spiro atoms. The van der Waals surface area contributed by atoms with Crippen LogP contribution in [0, 0.1) is 37.5 Å². The third-order valence-corrected chi connectivity index (χ3v) is 4.64. The summed E-state index contributed by atoms with van der Waals surface area (Å²) in [6, 6.07) is 18.9. The predicted octanol–water partition coefficient (Wildman–Crippen LogP) is 4.61. The van der Waals surface area contributed by atoms with Crippen LogP contribution >= 0.6 is 0 Å². The number of fused-ring (bicyclic) bond motifs is 3. The van der Waals surface area contributed by atoms with Gasteiger partial charge in [0.2, 0.25) is 0 Å². The van der Waals surface area contributed by atoms with Gasteiger partial charge in [-0.05, 0) is 0 Å². The second-order valence-corrected chi connectivity index (χ2v) is 6.29. The molecule has 1 aliphatic rings. The van der Waals surface area contributed by atoms with Gasteiger partial charge in [0.05, 0.1) is 0 Å². The number of hydrogen-bond acceptors (Lipinski definition) is 2. The molecule has 2 aromatic carbocycles. The molecular formula is C25H16CrO7. The molecule has 3 aromatic rings. The monoisotopic (exact) mass is 480 g/mol. The van der Waals surface area contributed by atoms with Crippen LogP contribution < -0.4 is 4.74 Å². The second kappa shape index (κ2) is 19.3. The van der Waals surface area contributed by atoms with Crippen molar-refractivity contribution in [2.45, 2.75) is 12.8 Å². The molecule has 0 radical (unpaired) electrons. The molecule has 0 saturated heterocycles. The Hall–Kier alpha value is -3.38. The van der Waals surface area contributed by atoms with Gasteiger partial charge in [0.15, 0.2) is 0 Å². The van der Waals surface area contributed by atoms with E-state index >= 15 is 0 Å². The van der Waals surface area contributed by atoms with Crippen LogP contribution in [0.4, 0.5) is 0 Å². The fraction of sp³-hybridized carbons (Fsp3) is 0.120. The molecule has 0 amide bonds. The van der Waals surface area contributed by atoms with E-state index in [1.54, 1.807) is 7.11 Å². The minimum absolute atomic E-state index is 0.833. The van der Waals surface area contributed by atoms with Gasteiger partial charge in [-0.1, -0.05) is 0 Å². The quantitative estimate of drug-likeness (QED) is 0.393. The van der Waals surface area contributed by atoms with Crippen molar-refractivity contribution in [3.63, 3.8) is 0 Å². The van der Waals surface area contributed by atoms with Gasteiger partial charge < -0.3 is 0 Å². The maximum atomic E-state index is 7.50. The Balaban J connectivity index is 0. The Bertz CT molecular complexity index is 1120. The van der Waals surface area contributed by atoms with Crippen molar-refractivity contribution in [1.82, 2.24) is 0 Å². The first-order valence-electron chi connectivity index (χ1n) is 8.68. The standard InChI is InChI=1S/C20H16O2.5CO.Cr/c1-21-16-8-9-17-15(13-16)7-10-19-20(17)18(11-12-22-19)14-5-3-2-4-6-14;5*1-2;/h2-6,8-9,11,13H,7,10H2,1H3;;;;;;. The first kappa shape index (κ1) is 31.8. The van der Waals surface area contributed by atoms with Crippen molar-refractivity contribution in [1.29, 1.82) is 0 Å². The molecule has 1 aromatic heterocycles. The Morgan fingerprint density at radius 2 is 1.33 bits per heavy atom. The zero-order valence-corrected chi connectivity index (χ0v) is 18.7. The molecule has 4 rings (SSSR count). The van der Waals surface area contributed by atoms with Gasteiger partial charge in [0.1, 0.15) is 0 Å². The molecule has 7 nitrogen and oxygen atoms in total. The van der Waals surface area contributed by atoms with Crippen molar-refractivity contribution >= 4 is 0 Å². The first-order valence-corrected chi connectivity index (χ1v) is 9.32. The van der Waals surface area contributed by atoms with E-state index in [1.807, 2.05) is 12.1 Å². The second-order valence-electron chi connectivity index (χ2n) is 5.67. The molecular weight excluding hydrogens is 464 g/mol. The molecule has 0 atom stereocenters. The van der Waals surface area contributed by atoms with Crippen LogP contribution in [0.3, 0.4) is 0 Å². The van der Waals surface area contributed by atoms with Gasteiger partial charge in [0, 0.05) is 0 Å². The van der Waals surface area contributed by atoms with E-state index in [0.717, 1.165) is 28.6 Å². The maximum absolute atomic E-state index is 7.50. The fourth-order valence-corrected chi connectivity index (χ4v) is 3.60. The molecule has 0 unspecified atom stereocenters. The zero-order chi connectivity index (χ0) is 25.8. The van der Waals surface area contributed by atoms with Gasteiger partial charge in [-0.25, -0.2) is 0 Å². The Morgan fingerprint density at radius 1 is 0.758 bits per heavy atom. The minimum atomic E-state index is 0.833. The zero-order valence-electron chi connectivity index (χ0n) is 17.4. The number of ether oxygens (including phenoxy) is 1. The molecule has 1 heterocycles. The fourth-order valence-electron chi connectivity index (χ4n) is 3.25. The summed E-state index contributed by atoms with van der Waals surface area (Å²) in [7, 11) is 1.71. The van der Waals surface area contributed by atoms with E-state index in [0.29, 0.717) is 0 Å². The van der Waals surface area contributed by atoms with Crippen molar-refractivity contribution in [3.8, 4) is 28.0 Å². The summed E-state index contributed by atoms with van der Waals surface area (Å²) in [5.41, 5.74) is 6.19. The van der Waals surface area contributed by atoms with E-state index in [1.165, 1.54) is 27.8 Å². The summed E-state index contributed by atoms with van der Waals surface area (Å²) in [6.45, 7) is 22.5. The molecule has 33 heavy (non-hydrogen) atoms. The summed E-state index contributed by atoms with van der Waals surface area (Å²) in [4.78, 5) is 0. The van der Waals surface area contributed by atoms with E-state index in [-0.39, 0.29) is 0 Å². The third-order valence-electron chi connectivity index (χ3n) is 4.32. The average Bonchev–Trinajstić information content (AvgIpc) is 2.93. The number of methoxy groups -OCH3 is 1. The molecule has 1 aliphatic carbocycles. The SMILES string of the molecule is COc1ccc2c(c1)CCc1o[c](=[Cr])cc(-c3ccccc3)c1-2.[C-]#[O+].[C-]#[O+].[C-]#[O+].[C-]#[O+].[C-]#[O+]. The average molecular weight is 480 g/mol. The topological polar surface area (TPSA) is 122 Å². The number of rotatable bonds is 2. The Morgan fingerprint density at radius 3 is 1.88 bits per heavy atom. The summed E-state index contributed by atoms with van der Waals surface area (Å²) >= 11 is 3.02. The molecule has 0 aliphatic heterocycles. The molecule has 8 heteroatoms. The Kier molecular flexibility index (Phi) is 18.6. The van der Waals surface area contributed by atoms with Crippen molar-refractivity contribution in [2.75, 3.05) is 7.11 Å². The van der Waals surface area contributed by atoms with Gasteiger partial charge in [0.25, 0.3) is 0 Å². The normalized spacial score (nSPS) is 8.94. The number of benzene rings is 2. The van der Waals surface area contributed by atoms with Crippen LogP contribution in [-0.2, 0) is 52.0 Å². The first-order chi connectivity index (χ1) is 16.3. The molecule has 164 valence electrons. The van der Waals surface area contributed by atoms with Gasteiger partial charge in [-0.2, -0.15) is 0 Å². The van der Waals surface area contributed by atoms with Crippen molar-refractivity contribution in [3.05, 3.63) is 103 Å². The molecule has 0 N–H and O–H groups in total. The number of hydrogen-bond donors (Lipinski definition) is 0. The number of aryl methyl sites for hydroxylation is 2.